The van der Waals surface area contributed by atoms with Gasteiger partial charge in [0, 0.05) is 19.5 Å². The van der Waals surface area contributed by atoms with Gasteiger partial charge in [0.2, 0.25) is 11.9 Å². The summed E-state index contributed by atoms with van der Waals surface area (Å²) >= 11 is 0. The van der Waals surface area contributed by atoms with E-state index in [0.717, 1.165) is 18.7 Å². The topological polar surface area (TPSA) is 95.6 Å². The van der Waals surface area contributed by atoms with E-state index in [2.05, 4.69) is 19.9 Å². The number of ether oxygens (including phenoxy) is 3. The van der Waals surface area contributed by atoms with Crippen molar-refractivity contribution < 1.29 is 14.2 Å². The molecule has 8 nitrogen and oxygen atoms in total. The van der Waals surface area contributed by atoms with Crippen molar-refractivity contribution in [3.05, 3.63) is 29.6 Å². The van der Waals surface area contributed by atoms with E-state index >= 15 is 0 Å². The molecule has 128 valence electrons. The van der Waals surface area contributed by atoms with Crippen LogP contribution < -0.4 is 20.1 Å². The zero-order valence-corrected chi connectivity index (χ0v) is 13.9. The Morgan fingerprint density at radius 2 is 1.83 bits per heavy atom. The normalized spacial score (nSPS) is 14.5. The number of hydrogen-bond donors (Lipinski definition) is 1. The van der Waals surface area contributed by atoms with Crippen LogP contribution in [-0.2, 0) is 11.2 Å². The van der Waals surface area contributed by atoms with Crippen LogP contribution in [0.4, 0.5) is 11.9 Å². The first-order chi connectivity index (χ1) is 11.7. The summed E-state index contributed by atoms with van der Waals surface area (Å²) < 4.78 is 15.9. The average Bonchev–Trinajstić information content (AvgIpc) is 2.62. The summed E-state index contributed by atoms with van der Waals surface area (Å²) in [5, 5.41) is 0. The van der Waals surface area contributed by atoms with E-state index < -0.39 is 0 Å². The largest absolute Gasteiger partial charge is 0.493 e. The van der Waals surface area contributed by atoms with E-state index in [-0.39, 0.29) is 5.95 Å². The lowest BCUT2D eigenvalue weighted by Crippen LogP contribution is -2.37. The molecular weight excluding hydrogens is 310 g/mol. The second-order valence-corrected chi connectivity index (χ2v) is 5.38. The third kappa shape index (κ3) is 3.65. The second kappa shape index (κ2) is 7.31. The zero-order valence-electron chi connectivity index (χ0n) is 13.9. The Balaban J connectivity index is 1.83. The Hall–Kier alpha value is -2.61. The van der Waals surface area contributed by atoms with Crippen molar-refractivity contribution >= 4 is 11.9 Å². The Labute approximate surface area is 140 Å². The van der Waals surface area contributed by atoms with E-state index in [1.165, 1.54) is 0 Å². The van der Waals surface area contributed by atoms with Crippen molar-refractivity contribution in [1.29, 1.82) is 0 Å². The van der Waals surface area contributed by atoms with E-state index in [1.807, 2.05) is 18.2 Å². The maximum absolute atomic E-state index is 5.86. The summed E-state index contributed by atoms with van der Waals surface area (Å²) in [5.74, 6) is 2.80. The molecule has 0 unspecified atom stereocenters. The minimum absolute atomic E-state index is 0.224. The van der Waals surface area contributed by atoms with Crippen LogP contribution in [0.2, 0.25) is 0 Å². The van der Waals surface area contributed by atoms with Crippen LogP contribution in [0.1, 0.15) is 11.4 Å². The van der Waals surface area contributed by atoms with Gasteiger partial charge in [-0.05, 0) is 17.7 Å². The monoisotopic (exact) mass is 331 g/mol. The summed E-state index contributed by atoms with van der Waals surface area (Å²) in [6.45, 7) is 2.83. The molecular formula is C16H21N5O3. The molecule has 1 aliphatic heterocycles. The van der Waals surface area contributed by atoms with Gasteiger partial charge in [-0.3, -0.25) is 0 Å². The van der Waals surface area contributed by atoms with Crippen LogP contribution in [0.25, 0.3) is 0 Å². The predicted octanol–water partition coefficient (Wildman–Crippen LogP) is 0.898. The van der Waals surface area contributed by atoms with E-state index in [9.17, 15) is 0 Å². The molecule has 1 fully saturated rings. The standard InChI is InChI=1S/C16H21N5O3/c1-22-12-4-3-11(9-13(12)23-2)10-14-18-15(17)20-16(19-14)21-5-7-24-8-6-21/h3-4,9H,5-8,10H2,1-2H3,(H2,17,18,19,20). The molecule has 8 heteroatoms. The number of nitrogens with two attached hydrogens (primary N) is 1. The average molecular weight is 331 g/mol. The highest BCUT2D eigenvalue weighted by atomic mass is 16.5. The molecule has 0 saturated carbocycles. The number of benzene rings is 1. The van der Waals surface area contributed by atoms with Crippen LogP contribution in [0.3, 0.4) is 0 Å². The highest BCUT2D eigenvalue weighted by Gasteiger charge is 2.16. The Morgan fingerprint density at radius 1 is 1.08 bits per heavy atom. The lowest BCUT2D eigenvalue weighted by Gasteiger charge is -2.26. The molecule has 0 spiro atoms. The van der Waals surface area contributed by atoms with Crippen LogP contribution in [0.15, 0.2) is 18.2 Å². The number of rotatable bonds is 5. The lowest BCUT2D eigenvalue weighted by molar-refractivity contribution is 0.122. The van der Waals surface area contributed by atoms with Gasteiger partial charge >= 0.3 is 0 Å². The third-order valence-corrected chi connectivity index (χ3v) is 3.79. The van der Waals surface area contributed by atoms with Crippen molar-refractivity contribution in [3.63, 3.8) is 0 Å². The maximum atomic E-state index is 5.86. The first-order valence-electron chi connectivity index (χ1n) is 7.73. The molecule has 2 N–H and O–H groups in total. The summed E-state index contributed by atoms with van der Waals surface area (Å²) in [4.78, 5) is 15.1. The fourth-order valence-corrected chi connectivity index (χ4v) is 2.58. The molecule has 3 rings (SSSR count). The summed E-state index contributed by atoms with van der Waals surface area (Å²) in [5.41, 5.74) is 6.86. The van der Waals surface area contributed by atoms with Crippen LogP contribution >= 0.6 is 0 Å². The SMILES string of the molecule is COc1ccc(Cc2nc(N)nc(N3CCOCC3)n2)cc1OC. The molecule has 0 bridgehead atoms. The fraction of sp³-hybridized carbons (Fsp3) is 0.438. The minimum atomic E-state index is 0.224. The van der Waals surface area contributed by atoms with Crippen LogP contribution in [0, 0.1) is 0 Å². The van der Waals surface area contributed by atoms with Crippen LogP contribution in [0.5, 0.6) is 11.5 Å². The Morgan fingerprint density at radius 3 is 2.54 bits per heavy atom. The number of morpholine rings is 1. The summed E-state index contributed by atoms with van der Waals surface area (Å²) in [6, 6.07) is 5.73. The molecule has 1 aliphatic rings. The smallest absolute Gasteiger partial charge is 0.230 e. The fourth-order valence-electron chi connectivity index (χ4n) is 2.58. The third-order valence-electron chi connectivity index (χ3n) is 3.79. The molecule has 2 heterocycles. The van der Waals surface area contributed by atoms with Crippen molar-refractivity contribution in [2.24, 2.45) is 0 Å². The maximum Gasteiger partial charge on any atom is 0.230 e. The number of aromatic nitrogens is 3. The van der Waals surface area contributed by atoms with Gasteiger partial charge < -0.3 is 24.8 Å². The van der Waals surface area contributed by atoms with Gasteiger partial charge in [0.15, 0.2) is 11.5 Å². The van der Waals surface area contributed by atoms with Crippen molar-refractivity contribution in [2.75, 3.05) is 51.2 Å². The van der Waals surface area contributed by atoms with Crippen molar-refractivity contribution in [2.45, 2.75) is 6.42 Å². The van der Waals surface area contributed by atoms with Crippen LogP contribution in [-0.4, -0.2) is 55.5 Å². The Bertz CT molecular complexity index is 704. The van der Waals surface area contributed by atoms with Gasteiger partial charge in [-0.25, -0.2) is 0 Å². The van der Waals surface area contributed by atoms with E-state index in [4.69, 9.17) is 19.9 Å². The van der Waals surface area contributed by atoms with Gasteiger partial charge in [-0.15, -0.1) is 0 Å². The quantitative estimate of drug-likeness (QED) is 0.863. The number of nitrogens with zero attached hydrogens (tertiary/aromatic N) is 4. The number of anilines is 2. The van der Waals surface area contributed by atoms with E-state index in [1.54, 1.807) is 14.2 Å². The number of hydrogen-bond acceptors (Lipinski definition) is 8. The predicted molar refractivity (Wildman–Crippen MR) is 89.6 cm³/mol. The molecule has 0 radical (unpaired) electrons. The second-order valence-electron chi connectivity index (χ2n) is 5.38. The molecule has 1 saturated heterocycles. The minimum Gasteiger partial charge on any atom is -0.493 e. The zero-order chi connectivity index (χ0) is 16.9. The van der Waals surface area contributed by atoms with Gasteiger partial charge in [-0.2, -0.15) is 15.0 Å². The summed E-state index contributed by atoms with van der Waals surface area (Å²) in [7, 11) is 3.22. The molecule has 0 atom stereocenters. The summed E-state index contributed by atoms with van der Waals surface area (Å²) in [6.07, 6.45) is 0.532. The molecule has 2 aromatic rings. The van der Waals surface area contributed by atoms with Gasteiger partial charge in [0.25, 0.3) is 0 Å². The highest BCUT2D eigenvalue weighted by Crippen LogP contribution is 2.28. The van der Waals surface area contributed by atoms with Gasteiger partial charge in [0.1, 0.15) is 5.82 Å². The molecule has 0 aliphatic carbocycles. The Kier molecular flexibility index (Phi) is 4.95. The first kappa shape index (κ1) is 16.3. The lowest BCUT2D eigenvalue weighted by atomic mass is 10.1. The van der Waals surface area contributed by atoms with Gasteiger partial charge in [0.05, 0.1) is 27.4 Å². The molecule has 1 aromatic heterocycles. The van der Waals surface area contributed by atoms with Gasteiger partial charge in [-0.1, -0.05) is 6.07 Å². The number of nitrogen functional groups attached to an aromatic ring is 1. The highest BCUT2D eigenvalue weighted by molar-refractivity contribution is 5.44. The van der Waals surface area contributed by atoms with Crippen molar-refractivity contribution in [3.8, 4) is 11.5 Å². The molecule has 1 aromatic carbocycles. The molecule has 24 heavy (non-hydrogen) atoms. The first-order valence-corrected chi connectivity index (χ1v) is 7.73. The number of methoxy groups -OCH3 is 2. The van der Waals surface area contributed by atoms with Crippen molar-refractivity contribution in [1.82, 2.24) is 15.0 Å². The molecule has 0 amide bonds. The van der Waals surface area contributed by atoms with E-state index in [0.29, 0.717) is 42.9 Å².